The second-order valence-corrected chi connectivity index (χ2v) is 13.4. The zero-order chi connectivity index (χ0) is 33.0. The number of rotatable bonds is 5. The molecule has 0 aliphatic carbocycles. The van der Waals surface area contributed by atoms with Crippen molar-refractivity contribution < 1.29 is 4.42 Å². The number of hydrogen-bond donors (Lipinski definition) is 0. The Hall–Kier alpha value is -6.43. The summed E-state index contributed by atoms with van der Waals surface area (Å²) >= 11 is 1.83. The van der Waals surface area contributed by atoms with E-state index in [4.69, 9.17) is 19.4 Å². The van der Waals surface area contributed by atoms with Crippen LogP contribution in [0.3, 0.4) is 0 Å². The summed E-state index contributed by atoms with van der Waals surface area (Å²) in [7, 11) is 0. The molecule has 0 aliphatic heterocycles. The van der Waals surface area contributed by atoms with Crippen molar-refractivity contribution >= 4 is 53.4 Å². The summed E-state index contributed by atoms with van der Waals surface area (Å²) in [4.78, 5) is 15.2. The molecule has 10 rings (SSSR count). The largest absolute Gasteiger partial charge is 0.455 e. The SMILES string of the molecule is c1ccc(-c2ccc(-c3nc(-c4ccccc4)nc(-c4cccc5oc6c(-c7cccc8c7sc7ccccc78)cccc6c45)n3)cc2)cc1. The monoisotopic (exact) mass is 657 g/mol. The average Bonchev–Trinajstić information content (AvgIpc) is 3.77. The summed E-state index contributed by atoms with van der Waals surface area (Å²) in [6.07, 6.45) is 0. The molecule has 50 heavy (non-hydrogen) atoms. The topological polar surface area (TPSA) is 51.8 Å². The molecule has 0 atom stereocenters. The highest BCUT2D eigenvalue weighted by atomic mass is 32.1. The number of furan rings is 1. The third-order valence-electron chi connectivity index (χ3n) is 9.38. The highest BCUT2D eigenvalue weighted by Gasteiger charge is 2.21. The summed E-state index contributed by atoms with van der Waals surface area (Å²) in [5.74, 6) is 1.85. The van der Waals surface area contributed by atoms with Crippen LogP contribution in [-0.2, 0) is 0 Å². The Morgan fingerprint density at radius 2 is 0.920 bits per heavy atom. The van der Waals surface area contributed by atoms with E-state index in [9.17, 15) is 0 Å². The zero-order valence-electron chi connectivity index (χ0n) is 26.7. The number of fused-ring (bicyclic) bond motifs is 6. The molecule has 0 bridgehead atoms. The van der Waals surface area contributed by atoms with Gasteiger partial charge in [0.1, 0.15) is 11.2 Å². The molecular formula is C45H27N3OS. The molecule has 7 aromatic carbocycles. The first kappa shape index (κ1) is 28.6. The molecule has 234 valence electrons. The van der Waals surface area contributed by atoms with Gasteiger partial charge in [0.25, 0.3) is 0 Å². The van der Waals surface area contributed by atoms with E-state index >= 15 is 0 Å². The molecule has 4 nitrogen and oxygen atoms in total. The smallest absolute Gasteiger partial charge is 0.164 e. The Labute approximate surface area is 292 Å². The minimum absolute atomic E-state index is 0.603. The summed E-state index contributed by atoms with van der Waals surface area (Å²) in [6.45, 7) is 0. The third kappa shape index (κ3) is 4.71. The van der Waals surface area contributed by atoms with E-state index in [1.54, 1.807) is 0 Å². The Balaban J connectivity index is 1.16. The summed E-state index contributed by atoms with van der Waals surface area (Å²) in [6, 6.07) is 56.7. The van der Waals surface area contributed by atoms with Crippen molar-refractivity contribution in [1.82, 2.24) is 15.0 Å². The molecule has 3 heterocycles. The van der Waals surface area contributed by atoms with Gasteiger partial charge >= 0.3 is 0 Å². The first-order chi connectivity index (χ1) is 24.8. The quantitative estimate of drug-likeness (QED) is 0.185. The maximum absolute atomic E-state index is 6.74. The number of benzene rings is 7. The second kappa shape index (κ2) is 11.6. The Bertz CT molecular complexity index is 2860. The van der Waals surface area contributed by atoms with Gasteiger partial charge in [-0.05, 0) is 23.3 Å². The number of aromatic nitrogens is 3. The molecular weight excluding hydrogens is 631 g/mol. The van der Waals surface area contributed by atoms with Crippen LogP contribution in [0.5, 0.6) is 0 Å². The Morgan fingerprint density at radius 3 is 1.70 bits per heavy atom. The van der Waals surface area contributed by atoms with Gasteiger partial charge in [0.15, 0.2) is 17.5 Å². The lowest BCUT2D eigenvalue weighted by Crippen LogP contribution is -2.00. The van der Waals surface area contributed by atoms with Crippen molar-refractivity contribution in [2.24, 2.45) is 0 Å². The van der Waals surface area contributed by atoms with E-state index in [-0.39, 0.29) is 0 Å². The fraction of sp³-hybridized carbons (Fsp3) is 0. The maximum Gasteiger partial charge on any atom is 0.164 e. The highest BCUT2D eigenvalue weighted by Crippen LogP contribution is 2.44. The second-order valence-electron chi connectivity index (χ2n) is 12.4. The fourth-order valence-corrected chi connectivity index (χ4v) is 8.22. The highest BCUT2D eigenvalue weighted by molar-refractivity contribution is 7.26. The van der Waals surface area contributed by atoms with E-state index < -0.39 is 0 Å². The lowest BCUT2D eigenvalue weighted by atomic mass is 9.99. The summed E-state index contributed by atoms with van der Waals surface area (Å²) in [5.41, 5.74) is 8.96. The fourth-order valence-electron chi connectivity index (χ4n) is 6.99. The number of hydrogen-bond acceptors (Lipinski definition) is 5. The molecule has 0 fully saturated rings. The zero-order valence-corrected chi connectivity index (χ0v) is 27.6. The van der Waals surface area contributed by atoms with Crippen LogP contribution in [0, 0.1) is 0 Å². The first-order valence-corrected chi connectivity index (χ1v) is 17.4. The minimum Gasteiger partial charge on any atom is -0.455 e. The Morgan fingerprint density at radius 1 is 0.380 bits per heavy atom. The number of nitrogens with zero attached hydrogens (tertiary/aromatic N) is 3. The molecule has 0 N–H and O–H groups in total. The van der Waals surface area contributed by atoms with Crippen molar-refractivity contribution in [2.45, 2.75) is 0 Å². The Kier molecular flexibility index (Phi) is 6.64. The molecule has 10 aromatic rings. The average molecular weight is 658 g/mol. The molecule has 0 aliphatic rings. The van der Waals surface area contributed by atoms with Crippen LogP contribution in [0.15, 0.2) is 168 Å². The predicted molar refractivity (Wildman–Crippen MR) is 207 cm³/mol. The minimum atomic E-state index is 0.603. The van der Waals surface area contributed by atoms with Crippen molar-refractivity contribution in [2.75, 3.05) is 0 Å². The van der Waals surface area contributed by atoms with Crippen LogP contribution in [0.25, 0.3) is 98.5 Å². The van der Waals surface area contributed by atoms with Crippen LogP contribution in [0.4, 0.5) is 0 Å². The van der Waals surface area contributed by atoms with Gasteiger partial charge < -0.3 is 4.42 Å². The molecule has 0 spiro atoms. The van der Waals surface area contributed by atoms with E-state index in [2.05, 4.69) is 115 Å². The van der Waals surface area contributed by atoms with E-state index in [1.165, 1.54) is 31.3 Å². The summed E-state index contributed by atoms with van der Waals surface area (Å²) < 4.78 is 9.28. The van der Waals surface area contributed by atoms with Crippen LogP contribution in [-0.4, -0.2) is 15.0 Å². The van der Waals surface area contributed by atoms with Crippen molar-refractivity contribution in [3.8, 4) is 56.4 Å². The molecule has 0 saturated heterocycles. The van der Waals surface area contributed by atoms with Gasteiger partial charge in [-0.25, -0.2) is 15.0 Å². The van der Waals surface area contributed by atoms with Crippen LogP contribution < -0.4 is 0 Å². The lowest BCUT2D eigenvalue weighted by molar-refractivity contribution is 0.670. The number of thiophene rings is 1. The van der Waals surface area contributed by atoms with Gasteiger partial charge in [-0.2, -0.15) is 0 Å². The first-order valence-electron chi connectivity index (χ1n) is 16.6. The maximum atomic E-state index is 6.74. The van der Waals surface area contributed by atoms with Crippen LogP contribution in [0.2, 0.25) is 0 Å². The number of para-hydroxylation sites is 1. The van der Waals surface area contributed by atoms with E-state index in [1.807, 2.05) is 59.9 Å². The van der Waals surface area contributed by atoms with Gasteiger partial charge in [-0.15, -0.1) is 11.3 Å². The summed E-state index contributed by atoms with van der Waals surface area (Å²) in [5, 5.41) is 4.56. The van der Waals surface area contributed by atoms with Crippen molar-refractivity contribution in [1.29, 1.82) is 0 Å². The molecule has 5 heteroatoms. The molecule has 0 radical (unpaired) electrons. The van der Waals surface area contributed by atoms with Gasteiger partial charge in [0.05, 0.1) is 0 Å². The molecule has 0 amide bonds. The van der Waals surface area contributed by atoms with Gasteiger partial charge in [-0.1, -0.05) is 152 Å². The third-order valence-corrected chi connectivity index (χ3v) is 10.6. The van der Waals surface area contributed by atoms with Crippen LogP contribution >= 0.6 is 11.3 Å². The van der Waals surface area contributed by atoms with Crippen LogP contribution in [0.1, 0.15) is 0 Å². The molecule has 0 unspecified atom stereocenters. The van der Waals surface area contributed by atoms with Crippen molar-refractivity contribution in [3.63, 3.8) is 0 Å². The van der Waals surface area contributed by atoms with E-state index in [0.717, 1.165) is 49.8 Å². The van der Waals surface area contributed by atoms with Gasteiger partial charge in [0, 0.05) is 58.8 Å². The van der Waals surface area contributed by atoms with E-state index in [0.29, 0.717) is 17.5 Å². The van der Waals surface area contributed by atoms with Crippen molar-refractivity contribution in [3.05, 3.63) is 164 Å². The standard InChI is InChI=1S/C45H27N3OS/c1-3-12-28(13-4-1)29-24-26-31(27-25-29)44-46-43(30-14-5-2-6-15-30)47-45(48-44)37-21-11-22-38-40(37)36-20-9-17-33(41(36)49-38)35-19-10-18-34-32-16-7-8-23-39(32)50-42(34)35/h1-27H. The van der Waals surface area contributed by atoms with Gasteiger partial charge in [-0.3, -0.25) is 0 Å². The molecule has 3 aromatic heterocycles. The van der Waals surface area contributed by atoms with Gasteiger partial charge in [0.2, 0.25) is 0 Å². The molecule has 0 saturated carbocycles. The predicted octanol–water partition coefficient (Wildman–Crippen LogP) is 12.5. The lowest BCUT2D eigenvalue weighted by Gasteiger charge is -2.10. The normalized spacial score (nSPS) is 11.6.